The number of hydrogen-bond acceptors (Lipinski definition) is 3. The number of benzene rings is 2. The normalized spacial score (nSPS) is 13.3. The standard InChI is InChI=1S/C21H29N3O2S/c1-15-6-9-19(10-7-15)17(3)13-23-21(22-4)24-14-18-8-11-20(16(2)12-18)27(5,25)26/h6-12,17H,13-14H2,1-5H3,(H2,22,23,24). The van der Waals surface area contributed by atoms with Gasteiger partial charge in [-0.15, -0.1) is 0 Å². The first-order chi connectivity index (χ1) is 12.7. The van der Waals surface area contributed by atoms with Crippen molar-refractivity contribution in [2.45, 2.75) is 38.1 Å². The van der Waals surface area contributed by atoms with Gasteiger partial charge in [0.25, 0.3) is 0 Å². The van der Waals surface area contributed by atoms with E-state index in [0.29, 0.717) is 17.4 Å². The zero-order chi connectivity index (χ0) is 20.0. The van der Waals surface area contributed by atoms with Crippen LogP contribution >= 0.6 is 0 Å². The van der Waals surface area contributed by atoms with Gasteiger partial charge in [-0.05, 0) is 42.5 Å². The Morgan fingerprint density at radius 1 is 1.07 bits per heavy atom. The molecule has 0 aliphatic heterocycles. The number of nitrogens with zero attached hydrogens (tertiary/aromatic N) is 1. The van der Waals surface area contributed by atoms with Crippen LogP contribution in [0.15, 0.2) is 52.4 Å². The zero-order valence-electron chi connectivity index (χ0n) is 16.7. The van der Waals surface area contributed by atoms with Crippen LogP contribution in [0.5, 0.6) is 0 Å². The molecule has 27 heavy (non-hydrogen) atoms. The van der Waals surface area contributed by atoms with Crippen LogP contribution in [-0.2, 0) is 16.4 Å². The molecule has 0 aliphatic rings. The molecule has 0 aromatic heterocycles. The van der Waals surface area contributed by atoms with Gasteiger partial charge >= 0.3 is 0 Å². The molecule has 2 N–H and O–H groups in total. The van der Waals surface area contributed by atoms with Crippen LogP contribution in [-0.4, -0.2) is 34.2 Å². The van der Waals surface area contributed by atoms with Crippen molar-refractivity contribution in [2.24, 2.45) is 4.99 Å². The highest BCUT2D eigenvalue weighted by atomic mass is 32.2. The monoisotopic (exact) mass is 387 g/mol. The van der Waals surface area contributed by atoms with Gasteiger partial charge in [0.2, 0.25) is 0 Å². The predicted octanol–water partition coefficient (Wildman–Crippen LogP) is 3.18. The van der Waals surface area contributed by atoms with Crippen molar-refractivity contribution in [3.05, 3.63) is 64.7 Å². The van der Waals surface area contributed by atoms with Crippen molar-refractivity contribution in [3.8, 4) is 0 Å². The summed E-state index contributed by atoms with van der Waals surface area (Å²) in [6.45, 7) is 7.43. The van der Waals surface area contributed by atoms with Gasteiger partial charge < -0.3 is 10.6 Å². The van der Waals surface area contributed by atoms with Gasteiger partial charge in [0.05, 0.1) is 4.90 Å². The summed E-state index contributed by atoms with van der Waals surface area (Å²) in [5.74, 6) is 1.08. The van der Waals surface area contributed by atoms with Crippen molar-refractivity contribution in [1.29, 1.82) is 0 Å². The third-order valence-corrected chi connectivity index (χ3v) is 5.80. The molecule has 1 atom stereocenters. The molecule has 0 radical (unpaired) electrons. The van der Waals surface area contributed by atoms with E-state index < -0.39 is 9.84 Å². The molecule has 5 nitrogen and oxygen atoms in total. The van der Waals surface area contributed by atoms with E-state index in [2.05, 4.69) is 53.7 Å². The maximum Gasteiger partial charge on any atom is 0.191 e. The fourth-order valence-corrected chi connectivity index (χ4v) is 3.87. The van der Waals surface area contributed by atoms with Crippen molar-refractivity contribution >= 4 is 15.8 Å². The van der Waals surface area contributed by atoms with Crippen LogP contribution in [0.2, 0.25) is 0 Å². The van der Waals surface area contributed by atoms with E-state index in [9.17, 15) is 8.42 Å². The highest BCUT2D eigenvalue weighted by Gasteiger charge is 2.11. The van der Waals surface area contributed by atoms with Gasteiger partial charge in [0.15, 0.2) is 15.8 Å². The number of rotatable bonds is 6. The first kappa shape index (κ1) is 21.0. The van der Waals surface area contributed by atoms with E-state index >= 15 is 0 Å². The smallest absolute Gasteiger partial charge is 0.191 e. The summed E-state index contributed by atoms with van der Waals surface area (Å²) in [6, 6.07) is 14.0. The maximum absolute atomic E-state index is 11.7. The summed E-state index contributed by atoms with van der Waals surface area (Å²) < 4.78 is 23.4. The second-order valence-electron chi connectivity index (χ2n) is 6.99. The van der Waals surface area contributed by atoms with E-state index in [1.54, 1.807) is 13.1 Å². The number of hydrogen-bond donors (Lipinski definition) is 2. The molecule has 0 spiro atoms. The number of aliphatic imine (C=N–C) groups is 1. The molecule has 2 aromatic rings. The molecule has 0 bridgehead atoms. The zero-order valence-corrected chi connectivity index (χ0v) is 17.5. The molecular formula is C21H29N3O2S. The summed E-state index contributed by atoms with van der Waals surface area (Å²) >= 11 is 0. The lowest BCUT2D eigenvalue weighted by molar-refractivity contribution is 0.601. The minimum Gasteiger partial charge on any atom is -0.356 e. The Labute approximate surface area is 162 Å². The van der Waals surface area contributed by atoms with Gasteiger partial charge in [0, 0.05) is 26.4 Å². The first-order valence-electron chi connectivity index (χ1n) is 9.01. The first-order valence-corrected chi connectivity index (χ1v) is 10.9. The van der Waals surface area contributed by atoms with Crippen molar-refractivity contribution in [1.82, 2.24) is 10.6 Å². The third-order valence-electron chi connectivity index (χ3n) is 4.54. The summed E-state index contributed by atoms with van der Waals surface area (Å²) in [4.78, 5) is 4.64. The predicted molar refractivity (Wildman–Crippen MR) is 112 cm³/mol. The summed E-state index contributed by atoms with van der Waals surface area (Å²) in [5.41, 5.74) is 4.31. The molecular weight excluding hydrogens is 358 g/mol. The van der Waals surface area contributed by atoms with Gasteiger partial charge in [-0.1, -0.05) is 48.9 Å². The Morgan fingerprint density at radius 3 is 2.30 bits per heavy atom. The molecule has 0 saturated heterocycles. The van der Waals surface area contributed by atoms with E-state index in [1.807, 2.05) is 19.1 Å². The van der Waals surface area contributed by atoms with Crippen LogP contribution < -0.4 is 10.6 Å². The van der Waals surface area contributed by atoms with E-state index in [1.165, 1.54) is 17.4 Å². The number of guanidine groups is 1. The molecule has 2 aromatic carbocycles. The molecule has 2 rings (SSSR count). The van der Waals surface area contributed by atoms with Crippen LogP contribution in [0.1, 0.15) is 35.1 Å². The van der Waals surface area contributed by atoms with Crippen LogP contribution in [0.3, 0.4) is 0 Å². The Balaban J connectivity index is 1.92. The van der Waals surface area contributed by atoms with Gasteiger partial charge in [-0.3, -0.25) is 4.99 Å². The SMILES string of the molecule is CN=C(NCc1ccc(S(C)(=O)=O)c(C)c1)NCC(C)c1ccc(C)cc1. The van der Waals surface area contributed by atoms with Crippen molar-refractivity contribution in [2.75, 3.05) is 19.8 Å². The lowest BCUT2D eigenvalue weighted by Gasteiger charge is -2.17. The average Bonchev–Trinajstić information content (AvgIpc) is 2.61. The quantitative estimate of drug-likeness (QED) is 0.590. The fraction of sp³-hybridized carbons (Fsp3) is 0.381. The fourth-order valence-electron chi connectivity index (χ4n) is 2.91. The van der Waals surface area contributed by atoms with Crippen molar-refractivity contribution < 1.29 is 8.42 Å². The number of nitrogens with one attached hydrogen (secondary N) is 2. The van der Waals surface area contributed by atoms with E-state index in [0.717, 1.165) is 23.6 Å². The Kier molecular flexibility index (Phi) is 7.02. The molecule has 0 aliphatic carbocycles. The molecule has 0 fully saturated rings. The molecule has 1 unspecified atom stereocenters. The minimum absolute atomic E-state index is 0.362. The number of sulfone groups is 1. The van der Waals surface area contributed by atoms with Crippen molar-refractivity contribution in [3.63, 3.8) is 0 Å². The lowest BCUT2D eigenvalue weighted by atomic mass is 10.0. The van der Waals surface area contributed by atoms with Gasteiger partial charge in [-0.25, -0.2) is 8.42 Å². The minimum atomic E-state index is -3.19. The number of aryl methyl sites for hydroxylation is 2. The van der Waals surface area contributed by atoms with Crippen LogP contribution in [0.4, 0.5) is 0 Å². The van der Waals surface area contributed by atoms with E-state index in [-0.39, 0.29) is 0 Å². The summed E-state index contributed by atoms with van der Waals surface area (Å²) in [7, 11) is -1.45. The molecule has 0 heterocycles. The molecule has 0 saturated carbocycles. The second kappa shape index (κ2) is 9.04. The lowest BCUT2D eigenvalue weighted by Crippen LogP contribution is -2.38. The topological polar surface area (TPSA) is 70.6 Å². The molecule has 0 amide bonds. The van der Waals surface area contributed by atoms with Crippen LogP contribution in [0.25, 0.3) is 0 Å². The largest absolute Gasteiger partial charge is 0.356 e. The summed E-state index contributed by atoms with van der Waals surface area (Å²) in [6.07, 6.45) is 1.23. The molecule has 6 heteroatoms. The molecule has 146 valence electrons. The Morgan fingerprint density at radius 2 is 1.74 bits per heavy atom. The van der Waals surface area contributed by atoms with Crippen LogP contribution in [0, 0.1) is 13.8 Å². The highest BCUT2D eigenvalue weighted by Crippen LogP contribution is 2.17. The van der Waals surface area contributed by atoms with Gasteiger partial charge in [0.1, 0.15) is 0 Å². The van der Waals surface area contributed by atoms with Gasteiger partial charge in [-0.2, -0.15) is 0 Å². The highest BCUT2D eigenvalue weighted by molar-refractivity contribution is 7.90. The second-order valence-corrected chi connectivity index (χ2v) is 8.97. The Bertz CT molecular complexity index is 904. The summed E-state index contributed by atoms with van der Waals surface area (Å²) in [5, 5.41) is 6.62. The van der Waals surface area contributed by atoms with E-state index in [4.69, 9.17) is 0 Å². The Hall–Kier alpha value is -2.34. The average molecular weight is 388 g/mol. The maximum atomic E-state index is 11.7. The third kappa shape index (κ3) is 6.10.